The van der Waals surface area contributed by atoms with Gasteiger partial charge in [0.2, 0.25) is 0 Å². The van der Waals surface area contributed by atoms with Crippen LogP contribution in [0.1, 0.15) is 53.9 Å². The predicted molar refractivity (Wildman–Crippen MR) is 114 cm³/mol. The average Bonchev–Trinajstić information content (AvgIpc) is 3.10. The lowest BCUT2D eigenvalue weighted by Gasteiger charge is -2.58. The van der Waals surface area contributed by atoms with Crippen molar-refractivity contribution in [1.82, 2.24) is 5.32 Å². The molecule has 6 aliphatic rings. The molecule has 1 amide bonds. The van der Waals surface area contributed by atoms with Gasteiger partial charge in [0, 0.05) is 17.2 Å². The lowest BCUT2D eigenvalue weighted by Crippen LogP contribution is -2.61. The zero-order chi connectivity index (χ0) is 21.2. The second-order valence-electron chi connectivity index (χ2n) is 10.1. The highest BCUT2D eigenvalue weighted by molar-refractivity contribution is 5.95. The Balaban J connectivity index is 1.20. The summed E-state index contributed by atoms with van der Waals surface area (Å²) in [5, 5.41) is 23.1. The molecule has 0 radical (unpaired) electrons. The molecule has 5 aliphatic carbocycles. The number of hydrogen-bond acceptors (Lipinski definition) is 5. The maximum absolute atomic E-state index is 13.2. The Morgan fingerprint density at radius 3 is 2.77 bits per heavy atom. The molecule has 0 spiro atoms. The molecule has 0 saturated heterocycles. The first kappa shape index (κ1) is 19.4. The lowest BCUT2D eigenvalue weighted by atomic mass is 9.52. The summed E-state index contributed by atoms with van der Waals surface area (Å²) in [5.41, 5.74) is 1.15. The fourth-order valence-corrected chi connectivity index (χ4v) is 6.93. The molecular formula is C25H29NO5. The number of allylic oxidation sites excluding steroid dienone is 1. The van der Waals surface area contributed by atoms with Crippen molar-refractivity contribution in [2.24, 2.45) is 17.8 Å². The van der Waals surface area contributed by atoms with Crippen molar-refractivity contribution in [1.29, 1.82) is 0 Å². The monoisotopic (exact) mass is 423 g/mol. The fourth-order valence-electron chi connectivity index (χ4n) is 6.93. The van der Waals surface area contributed by atoms with Crippen LogP contribution < -0.4 is 10.1 Å². The zero-order valence-corrected chi connectivity index (χ0v) is 17.5. The smallest absolute Gasteiger partial charge is 0.251 e. The third-order valence-corrected chi connectivity index (χ3v) is 7.94. The van der Waals surface area contributed by atoms with Crippen LogP contribution in [0.3, 0.4) is 0 Å². The number of aliphatic hydroxyl groups excluding tert-OH is 1. The molecule has 1 aliphatic heterocycles. The van der Waals surface area contributed by atoms with E-state index in [4.69, 9.17) is 14.6 Å². The molecule has 31 heavy (non-hydrogen) atoms. The van der Waals surface area contributed by atoms with Crippen LogP contribution >= 0.6 is 0 Å². The average molecular weight is 424 g/mol. The number of benzene rings is 1. The maximum atomic E-state index is 13.2. The van der Waals surface area contributed by atoms with Gasteiger partial charge in [-0.15, -0.1) is 0 Å². The molecule has 4 unspecified atom stereocenters. The van der Waals surface area contributed by atoms with Crippen molar-refractivity contribution in [3.63, 3.8) is 0 Å². The van der Waals surface area contributed by atoms with E-state index in [1.165, 1.54) is 0 Å². The van der Waals surface area contributed by atoms with Crippen molar-refractivity contribution in [3.05, 3.63) is 53.3 Å². The zero-order valence-electron chi connectivity index (χ0n) is 17.5. The summed E-state index contributed by atoms with van der Waals surface area (Å²) < 4.78 is 11.6. The van der Waals surface area contributed by atoms with Gasteiger partial charge >= 0.3 is 0 Å². The van der Waals surface area contributed by atoms with Crippen LogP contribution in [0.4, 0.5) is 0 Å². The van der Waals surface area contributed by atoms with Gasteiger partial charge in [0.15, 0.2) is 0 Å². The van der Waals surface area contributed by atoms with E-state index in [9.17, 15) is 9.90 Å². The number of amides is 1. The SMILES string of the molecule is O=C(NC1C2CC3CC1CC(O)(C3)C2)c1ccc2c(c1)C1C=C(OCCO)C=CC1O2. The van der Waals surface area contributed by atoms with E-state index in [2.05, 4.69) is 5.32 Å². The summed E-state index contributed by atoms with van der Waals surface area (Å²) >= 11 is 0. The van der Waals surface area contributed by atoms with E-state index < -0.39 is 5.60 Å². The second-order valence-corrected chi connectivity index (χ2v) is 10.1. The first-order valence-electron chi connectivity index (χ1n) is 11.5. The summed E-state index contributed by atoms with van der Waals surface area (Å²) in [6.07, 6.45) is 10.6. The molecule has 1 aromatic rings. The van der Waals surface area contributed by atoms with Crippen LogP contribution in [0.15, 0.2) is 42.2 Å². The summed E-state index contributed by atoms with van der Waals surface area (Å²) in [4.78, 5) is 13.2. The van der Waals surface area contributed by atoms with Crippen molar-refractivity contribution >= 4 is 5.91 Å². The standard InChI is InChI=1S/C25H29NO5/c27-5-6-30-18-2-4-22-20(10-18)19-9-15(1-3-21(19)31-22)24(28)26-23-16-7-14-8-17(23)13-25(29,11-14)12-16/h1-4,9-10,14,16-17,20,22-23,27,29H,5-8,11-13H2,(H,26,28). The van der Waals surface area contributed by atoms with Gasteiger partial charge in [0.25, 0.3) is 5.91 Å². The lowest BCUT2D eigenvalue weighted by molar-refractivity contribution is -0.136. The molecule has 7 rings (SSSR count). The van der Waals surface area contributed by atoms with Gasteiger partial charge in [0.1, 0.15) is 24.2 Å². The number of carbonyl (C=O) groups excluding carboxylic acids is 1. The summed E-state index contributed by atoms with van der Waals surface area (Å²) in [6.45, 7) is 0.224. The van der Waals surface area contributed by atoms with E-state index in [-0.39, 0.29) is 37.2 Å². The highest BCUT2D eigenvalue weighted by atomic mass is 16.5. The van der Waals surface area contributed by atoms with Crippen LogP contribution in [-0.4, -0.2) is 47.1 Å². The van der Waals surface area contributed by atoms with Gasteiger partial charge in [0.05, 0.1) is 18.1 Å². The molecule has 164 valence electrons. The van der Waals surface area contributed by atoms with Gasteiger partial charge in [-0.1, -0.05) is 0 Å². The number of aliphatic hydroxyl groups is 2. The molecule has 4 bridgehead atoms. The van der Waals surface area contributed by atoms with Gasteiger partial charge in [-0.05, 0) is 86.3 Å². The summed E-state index contributed by atoms with van der Waals surface area (Å²) in [5.74, 6) is 2.87. The van der Waals surface area contributed by atoms with E-state index >= 15 is 0 Å². The Hall–Kier alpha value is -2.31. The van der Waals surface area contributed by atoms with Crippen LogP contribution in [-0.2, 0) is 4.74 Å². The van der Waals surface area contributed by atoms with E-state index in [1.807, 2.05) is 36.4 Å². The topological polar surface area (TPSA) is 88.0 Å². The maximum Gasteiger partial charge on any atom is 0.251 e. The van der Waals surface area contributed by atoms with Gasteiger partial charge < -0.3 is 25.0 Å². The normalized spacial score (nSPS) is 38.8. The molecule has 4 fully saturated rings. The fraction of sp³-hybridized carbons (Fsp3) is 0.560. The largest absolute Gasteiger partial charge is 0.492 e. The highest BCUT2D eigenvalue weighted by Crippen LogP contribution is 2.55. The quantitative estimate of drug-likeness (QED) is 0.678. The molecule has 0 aromatic heterocycles. The third-order valence-electron chi connectivity index (χ3n) is 7.94. The Morgan fingerprint density at radius 1 is 1.23 bits per heavy atom. The van der Waals surface area contributed by atoms with Crippen molar-refractivity contribution in [2.45, 2.75) is 55.8 Å². The number of hydrogen-bond donors (Lipinski definition) is 3. The van der Waals surface area contributed by atoms with E-state index in [1.54, 1.807) is 0 Å². The molecule has 6 nitrogen and oxygen atoms in total. The van der Waals surface area contributed by atoms with Gasteiger partial charge in [-0.3, -0.25) is 4.79 Å². The molecule has 1 heterocycles. The molecule has 1 aromatic carbocycles. The van der Waals surface area contributed by atoms with Crippen LogP contribution in [0.25, 0.3) is 0 Å². The predicted octanol–water partition coefficient (Wildman–Crippen LogP) is 2.66. The third kappa shape index (κ3) is 3.28. The Bertz CT molecular complexity index is 953. The first-order chi connectivity index (χ1) is 15.0. The second kappa shape index (κ2) is 7.10. The van der Waals surface area contributed by atoms with Crippen molar-refractivity contribution < 1.29 is 24.5 Å². The van der Waals surface area contributed by atoms with Crippen LogP contribution in [0, 0.1) is 17.8 Å². The van der Waals surface area contributed by atoms with Crippen molar-refractivity contribution in [2.75, 3.05) is 13.2 Å². The first-order valence-corrected chi connectivity index (χ1v) is 11.5. The number of nitrogens with one attached hydrogen (secondary N) is 1. The van der Waals surface area contributed by atoms with Crippen LogP contribution in [0.5, 0.6) is 5.75 Å². The Morgan fingerprint density at radius 2 is 2.03 bits per heavy atom. The summed E-state index contributed by atoms with van der Waals surface area (Å²) in [7, 11) is 0. The highest BCUT2D eigenvalue weighted by Gasteiger charge is 2.55. The molecule has 4 atom stereocenters. The Kier molecular flexibility index (Phi) is 4.44. The number of ether oxygens (including phenoxy) is 2. The summed E-state index contributed by atoms with van der Waals surface area (Å²) in [6, 6.07) is 5.83. The van der Waals surface area contributed by atoms with Gasteiger partial charge in [-0.25, -0.2) is 0 Å². The minimum absolute atomic E-state index is 0.00290. The minimum atomic E-state index is -0.492. The molecular weight excluding hydrogens is 394 g/mol. The Labute approximate surface area is 181 Å². The van der Waals surface area contributed by atoms with E-state index in [0.717, 1.165) is 43.4 Å². The van der Waals surface area contributed by atoms with Gasteiger partial charge in [-0.2, -0.15) is 0 Å². The number of carbonyl (C=O) groups is 1. The number of rotatable bonds is 5. The minimum Gasteiger partial charge on any atom is -0.492 e. The molecule has 4 saturated carbocycles. The van der Waals surface area contributed by atoms with Crippen LogP contribution in [0.2, 0.25) is 0 Å². The number of fused-ring (bicyclic) bond motifs is 3. The van der Waals surface area contributed by atoms with E-state index in [0.29, 0.717) is 29.1 Å². The van der Waals surface area contributed by atoms with Crippen molar-refractivity contribution in [3.8, 4) is 5.75 Å². The molecule has 6 heteroatoms. The molecule has 3 N–H and O–H groups in total.